The second-order valence-corrected chi connectivity index (χ2v) is 4.94. The number of ether oxygens (including phenoxy) is 1. The maximum Gasteiger partial charge on any atom is 0.336 e. The minimum atomic E-state index is -0.296. The quantitative estimate of drug-likeness (QED) is 0.794. The standard InChI is InChI=1S/C15H17NO3/c1-18-12-4-5-13-11(10-16-6-2-3-7-16)8-15(17)19-14(13)9-12/h4-5,8-9H,2-3,6-7,10H2,1H3. The first-order valence-electron chi connectivity index (χ1n) is 6.59. The zero-order valence-corrected chi connectivity index (χ0v) is 11.0. The van der Waals surface area contributed by atoms with Gasteiger partial charge < -0.3 is 9.15 Å². The lowest BCUT2D eigenvalue weighted by Crippen LogP contribution is -2.19. The van der Waals surface area contributed by atoms with Crippen LogP contribution in [0.3, 0.4) is 0 Å². The van der Waals surface area contributed by atoms with E-state index in [0.29, 0.717) is 11.3 Å². The minimum Gasteiger partial charge on any atom is -0.497 e. The Morgan fingerprint density at radius 1 is 1.26 bits per heavy atom. The van der Waals surface area contributed by atoms with Crippen LogP contribution in [-0.2, 0) is 6.54 Å². The van der Waals surface area contributed by atoms with Gasteiger partial charge in [-0.2, -0.15) is 0 Å². The van der Waals surface area contributed by atoms with Crippen molar-refractivity contribution in [1.82, 2.24) is 4.90 Å². The fourth-order valence-electron chi connectivity index (χ4n) is 2.65. The smallest absolute Gasteiger partial charge is 0.336 e. The van der Waals surface area contributed by atoms with E-state index in [0.717, 1.165) is 30.6 Å². The summed E-state index contributed by atoms with van der Waals surface area (Å²) in [6.45, 7) is 3.03. The highest BCUT2D eigenvalue weighted by Crippen LogP contribution is 2.24. The SMILES string of the molecule is COc1ccc2c(CN3CCCC3)cc(=O)oc2c1. The first kappa shape index (κ1) is 12.2. The van der Waals surface area contributed by atoms with Gasteiger partial charge in [0, 0.05) is 24.1 Å². The molecule has 3 rings (SSSR count). The molecule has 0 aliphatic carbocycles. The molecule has 0 radical (unpaired) electrons. The Bertz CT molecular complexity index is 641. The van der Waals surface area contributed by atoms with Gasteiger partial charge in [-0.1, -0.05) is 0 Å². The third-order valence-electron chi connectivity index (χ3n) is 3.63. The van der Waals surface area contributed by atoms with E-state index in [-0.39, 0.29) is 5.63 Å². The van der Waals surface area contributed by atoms with Crippen molar-refractivity contribution >= 4 is 11.0 Å². The van der Waals surface area contributed by atoms with E-state index in [1.54, 1.807) is 19.2 Å². The van der Waals surface area contributed by atoms with Gasteiger partial charge in [0.15, 0.2) is 0 Å². The van der Waals surface area contributed by atoms with E-state index in [2.05, 4.69) is 4.90 Å². The van der Waals surface area contributed by atoms with Crippen LogP contribution in [0.4, 0.5) is 0 Å². The Hall–Kier alpha value is -1.81. The molecule has 4 nitrogen and oxygen atoms in total. The second-order valence-electron chi connectivity index (χ2n) is 4.94. The lowest BCUT2D eigenvalue weighted by molar-refractivity contribution is 0.331. The summed E-state index contributed by atoms with van der Waals surface area (Å²) >= 11 is 0. The normalized spacial score (nSPS) is 16.1. The second kappa shape index (κ2) is 5.05. The Morgan fingerprint density at radius 2 is 2.05 bits per heavy atom. The summed E-state index contributed by atoms with van der Waals surface area (Å²) < 4.78 is 10.4. The van der Waals surface area contributed by atoms with Crippen molar-refractivity contribution < 1.29 is 9.15 Å². The Morgan fingerprint density at radius 3 is 2.79 bits per heavy atom. The van der Waals surface area contributed by atoms with Crippen molar-refractivity contribution in [1.29, 1.82) is 0 Å². The minimum absolute atomic E-state index is 0.296. The molecular weight excluding hydrogens is 242 g/mol. The number of benzene rings is 1. The summed E-state index contributed by atoms with van der Waals surface area (Å²) in [4.78, 5) is 14.0. The third-order valence-corrected chi connectivity index (χ3v) is 3.63. The first-order chi connectivity index (χ1) is 9.26. The van der Waals surface area contributed by atoms with E-state index >= 15 is 0 Å². The zero-order valence-electron chi connectivity index (χ0n) is 11.0. The lowest BCUT2D eigenvalue weighted by atomic mass is 10.1. The molecule has 0 spiro atoms. The fraction of sp³-hybridized carbons (Fsp3) is 0.400. The van der Waals surface area contributed by atoms with Crippen LogP contribution < -0.4 is 10.4 Å². The van der Waals surface area contributed by atoms with Crippen molar-refractivity contribution in [3.63, 3.8) is 0 Å². The molecule has 4 heteroatoms. The van der Waals surface area contributed by atoms with Crippen LogP contribution in [0.25, 0.3) is 11.0 Å². The monoisotopic (exact) mass is 259 g/mol. The third kappa shape index (κ3) is 2.49. The summed E-state index contributed by atoms with van der Waals surface area (Å²) in [5, 5.41) is 0.993. The highest BCUT2D eigenvalue weighted by Gasteiger charge is 2.14. The fourth-order valence-corrected chi connectivity index (χ4v) is 2.65. The average Bonchev–Trinajstić information content (AvgIpc) is 2.90. The summed E-state index contributed by atoms with van der Waals surface area (Å²) in [6, 6.07) is 7.23. The number of methoxy groups -OCH3 is 1. The molecule has 1 aliphatic rings. The molecule has 2 heterocycles. The van der Waals surface area contributed by atoms with Crippen molar-refractivity contribution in [2.24, 2.45) is 0 Å². The predicted octanol–water partition coefficient (Wildman–Crippen LogP) is 2.40. The van der Waals surface area contributed by atoms with Crippen LogP contribution in [0, 0.1) is 0 Å². The molecular formula is C15H17NO3. The largest absolute Gasteiger partial charge is 0.497 e. The highest BCUT2D eigenvalue weighted by molar-refractivity contribution is 5.81. The Kier molecular flexibility index (Phi) is 3.25. The number of likely N-dealkylation sites (tertiary alicyclic amines) is 1. The lowest BCUT2D eigenvalue weighted by Gasteiger charge is -2.15. The highest BCUT2D eigenvalue weighted by atomic mass is 16.5. The van der Waals surface area contributed by atoms with Crippen LogP contribution in [0.2, 0.25) is 0 Å². The van der Waals surface area contributed by atoms with Gasteiger partial charge in [0.2, 0.25) is 0 Å². The first-order valence-corrected chi connectivity index (χ1v) is 6.59. The summed E-state index contributed by atoms with van der Waals surface area (Å²) in [5.41, 5.74) is 1.34. The molecule has 100 valence electrons. The number of fused-ring (bicyclic) bond motifs is 1. The maximum atomic E-state index is 11.7. The molecule has 2 aromatic rings. The van der Waals surface area contributed by atoms with Gasteiger partial charge in [-0.3, -0.25) is 4.90 Å². The summed E-state index contributed by atoms with van der Waals surface area (Å²) in [7, 11) is 1.60. The molecule has 1 saturated heterocycles. The number of hydrogen-bond acceptors (Lipinski definition) is 4. The average molecular weight is 259 g/mol. The van der Waals surface area contributed by atoms with E-state index in [4.69, 9.17) is 9.15 Å². The molecule has 19 heavy (non-hydrogen) atoms. The maximum absolute atomic E-state index is 11.7. The topological polar surface area (TPSA) is 42.7 Å². The van der Waals surface area contributed by atoms with Gasteiger partial charge >= 0.3 is 5.63 Å². The molecule has 1 aliphatic heterocycles. The van der Waals surface area contributed by atoms with E-state index in [1.807, 2.05) is 12.1 Å². The van der Waals surface area contributed by atoms with Crippen molar-refractivity contribution in [2.45, 2.75) is 19.4 Å². The van der Waals surface area contributed by atoms with Crippen LogP contribution >= 0.6 is 0 Å². The number of rotatable bonds is 3. The molecule has 0 saturated carbocycles. The molecule has 1 aromatic carbocycles. The van der Waals surface area contributed by atoms with Crippen molar-refractivity contribution in [2.75, 3.05) is 20.2 Å². The molecule has 0 unspecified atom stereocenters. The van der Waals surface area contributed by atoms with Crippen LogP contribution in [0.15, 0.2) is 33.5 Å². The molecule has 1 aromatic heterocycles. The van der Waals surface area contributed by atoms with Crippen LogP contribution in [-0.4, -0.2) is 25.1 Å². The predicted molar refractivity (Wildman–Crippen MR) is 73.5 cm³/mol. The molecule has 0 bridgehead atoms. The van der Waals surface area contributed by atoms with Gasteiger partial charge in [-0.15, -0.1) is 0 Å². The van der Waals surface area contributed by atoms with Crippen molar-refractivity contribution in [3.05, 3.63) is 40.2 Å². The van der Waals surface area contributed by atoms with Crippen LogP contribution in [0.1, 0.15) is 18.4 Å². The van der Waals surface area contributed by atoms with Crippen molar-refractivity contribution in [3.8, 4) is 5.75 Å². The van der Waals surface area contributed by atoms with Gasteiger partial charge in [0.25, 0.3) is 0 Å². The molecule has 0 amide bonds. The van der Waals surface area contributed by atoms with Gasteiger partial charge in [0.05, 0.1) is 7.11 Å². The van der Waals surface area contributed by atoms with Gasteiger partial charge in [0.1, 0.15) is 11.3 Å². The van der Waals surface area contributed by atoms with Gasteiger partial charge in [-0.25, -0.2) is 4.79 Å². The van der Waals surface area contributed by atoms with E-state index in [1.165, 1.54) is 12.8 Å². The van der Waals surface area contributed by atoms with E-state index < -0.39 is 0 Å². The number of hydrogen-bond donors (Lipinski definition) is 0. The summed E-state index contributed by atoms with van der Waals surface area (Å²) in [5.74, 6) is 0.703. The van der Waals surface area contributed by atoms with E-state index in [9.17, 15) is 4.79 Å². The zero-order chi connectivity index (χ0) is 13.2. The molecule has 1 fully saturated rings. The molecule has 0 N–H and O–H groups in total. The van der Waals surface area contributed by atoms with Gasteiger partial charge in [-0.05, 0) is 43.6 Å². The molecule has 0 atom stereocenters. The Labute approximate surface area is 111 Å². The van der Waals surface area contributed by atoms with Crippen LogP contribution in [0.5, 0.6) is 5.75 Å². The summed E-state index contributed by atoms with van der Waals surface area (Å²) in [6.07, 6.45) is 2.49. The number of nitrogens with zero attached hydrogens (tertiary/aromatic N) is 1. The Balaban J connectivity index is 2.04.